The molecule has 0 saturated carbocycles. The molecule has 0 amide bonds. The van der Waals surface area contributed by atoms with Crippen molar-refractivity contribution in [3.8, 4) is 0 Å². The van der Waals surface area contributed by atoms with Crippen LogP contribution >= 0.6 is 12.1 Å². The minimum absolute atomic E-state index is 0.386. The lowest BCUT2D eigenvalue weighted by molar-refractivity contribution is 0.900. The Bertz CT molecular complexity index is 19.5. The summed E-state index contributed by atoms with van der Waals surface area (Å²) in [4.78, 5) is 0. The van der Waals surface area contributed by atoms with Crippen molar-refractivity contribution in [2.75, 3.05) is 5.75 Å². The Morgan fingerprint density at radius 2 is 2.33 bits per heavy atom. The van der Waals surface area contributed by atoms with E-state index in [1.54, 1.807) is 0 Å². The second-order valence-electron chi connectivity index (χ2n) is 1.02. The van der Waals surface area contributed by atoms with E-state index in [2.05, 4.69) is 6.92 Å². The summed E-state index contributed by atoms with van der Waals surface area (Å²) in [5, 5.41) is 0. The summed E-state index contributed by atoms with van der Waals surface area (Å²) in [6, 6.07) is 0. The van der Waals surface area contributed by atoms with Crippen molar-refractivity contribution in [2.24, 2.45) is 0 Å². The molecule has 0 aliphatic rings. The van der Waals surface area contributed by atoms with Gasteiger partial charge in [0.05, 0.1) is 0 Å². The third-order valence-electron chi connectivity index (χ3n) is 0.471. The summed E-state index contributed by atoms with van der Waals surface area (Å²) in [5.74, 6) is 0.601. The van der Waals surface area contributed by atoms with E-state index < -0.39 is 0 Å². The quantitative estimate of drug-likeness (QED) is 0.498. The van der Waals surface area contributed by atoms with Gasteiger partial charge in [-0.25, -0.2) is 0 Å². The summed E-state index contributed by atoms with van der Waals surface area (Å²) in [7, 11) is 0. The van der Waals surface area contributed by atoms with Gasteiger partial charge in [0.2, 0.25) is 0 Å². The molecular formula is C4H8FS. The Hall–Kier alpha value is 0.280. The van der Waals surface area contributed by atoms with Crippen LogP contribution in [0.4, 0.5) is 3.89 Å². The first kappa shape index (κ1) is 6.28. The van der Waals surface area contributed by atoms with Crippen LogP contribution in [-0.4, -0.2) is 5.75 Å². The number of halogens is 1. The van der Waals surface area contributed by atoms with Gasteiger partial charge in [-0.15, -0.1) is 0 Å². The molecule has 0 heterocycles. The average Bonchev–Trinajstić information content (AvgIpc) is 1.61. The average molecular weight is 107 g/mol. The van der Waals surface area contributed by atoms with Gasteiger partial charge in [0, 0.05) is 17.9 Å². The molecular weight excluding hydrogens is 99.1 g/mol. The van der Waals surface area contributed by atoms with Gasteiger partial charge in [-0.2, -0.15) is 3.89 Å². The second kappa shape index (κ2) is 5.28. The van der Waals surface area contributed by atoms with Crippen LogP contribution in [0.25, 0.3) is 0 Å². The Morgan fingerprint density at radius 3 is 2.50 bits per heavy atom. The predicted molar refractivity (Wildman–Crippen MR) is 28.2 cm³/mol. The molecule has 0 N–H and O–H groups in total. The summed E-state index contributed by atoms with van der Waals surface area (Å²) in [6.45, 7) is 3.54. The first-order valence-electron chi connectivity index (χ1n) is 1.94. The SMILES string of the molecule is [CH2]CCCSF. The van der Waals surface area contributed by atoms with Crippen molar-refractivity contribution in [1.29, 1.82) is 0 Å². The third-order valence-corrected chi connectivity index (χ3v) is 0.914. The minimum Gasteiger partial charge on any atom is -0.165 e. The highest BCUT2D eigenvalue weighted by molar-refractivity contribution is 7.94. The van der Waals surface area contributed by atoms with E-state index in [4.69, 9.17) is 0 Å². The molecule has 0 unspecified atom stereocenters. The van der Waals surface area contributed by atoms with Crippen molar-refractivity contribution in [2.45, 2.75) is 12.8 Å². The number of rotatable bonds is 3. The van der Waals surface area contributed by atoms with Crippen molar-refractivity contribution in [3.05, 3.63) is 6.92 Å². The van der Waals surface area contributed by atoms with Crippen LogP contribution in [0.1, 0.15) is 12.8 Å². The van der Waals surface area contributed by atoms with Crippen LogP contribution in [0.5, 0.6) is 0 Å². The van der Waals surface area contributed by atoms with E-state index in [-0.39, 0.29) is 0 Å². The number of hydrogen-bond donors (Lipinski definition) is 0. The molecule has 0 atom stereocenters. The monoisotopic (exact) mass is 107 g/mol. The van der Waals surface area contributed by atoms with Crippen molar-refractivity contribution >= 4 is 12.1 Å². The standard InChI is InChI=1S/C4H8FS/c1-2-3-4-6-5/h1-4H2. The van der Waals surface area contributed by atoms with E-state index in [1.807, 2.05) is 0 Å². The Labute approximate surface area is 42.4 Å². The van der Waals surface area contributed by atoms with Gasteiger partial charge in [-0.3, -0.25) is 0 Å². The highest BCUT2D eigenvalue weighted by atomic mass is 32.2. The lowest BCUT2D eigenvalue weighted by Gasteiger charge is -1.82. The van der Waals surface area contributed by atoms with Crippen LogP contribution in [-0.2, 0) is 0 Å². The van der Waals surface area contributed by atoms with Crippen LogP contribution in [0.2, 0.25) is 0 Å². The summed E-state index contributed by atoms with van der Waals surface area (Å²) >= 11 is 0.386. The fourth-order valence-electron chi connectivity index (χ4n) is 0.157. The third kappa shape index (κ3) is 4.28. The second-order valence-corrected chi connectivity index (χ2v) is 1.65. The number of hydrogen-bond acceptors (Lipinski definition) is 1. The van der Waals surface area contributed by atoms with Gasteiger partial charge < -0.3 is 0 Å². The highest BCUT2D eigenvalue weighted by Crippen LogP contribution is 2.02. The Balaban J connectivity index is 2.34. The molecule has 0 spiro atoms. The van der Waals surface area contributed by atoms with Crippen molar-refractivity contribution in [1.82, 2.24) is 0 Å². The van der Waals surface area contributed by atoms with Gasteiger partial charge >= 0.3 is 0 Å². The molecule has 6 heavy (non-hydrogen) atoms. The van der Waals surface area contributed by atoms with Gasteiger partial charge in [-0.1, -0.05) is 13.3 Å². The molecule has 0 nitrogen and oxygen atoms in total. The fraction of sp³-hybridized carbons (Fsp3) is 0.750. The zero-order valence-electron chi connectivity index (χ0n) is 3.61. The largest absolute Gasteiger partial charge is 0.165 e. The lowest BCUT2D eigenvalue weighted by atomic mass is 10.4. The topological polar surface area (TPSA) is 0 Å². The molecule has 0 aromatic rings. The maximum Gasteiger partial charge on any atom is 0.0443 e. The van der Waals surface area contributed by atoms with Gasteiger partial charge in [0.1, 0.15) is 0 Å². The zero-order valence-corrected chi connectivity index (χ0v) is 4.43. The van der Waals surface area contributed by atoms with Crippen molar-refractivity contribution < 1.29 is 3.89 Å². The predicted octanol–water partition coefficient (Wildman–Crippen LogP) is 2.22. The first-order valence-corrected chi connectivity index (χ1v) is 2.83. The van der Waals surface area contributed by atoms with E-state index in [1.165, 1.54) is 0 Å². The molecule has 0 fully saturated rings. The number of unbranched alkanes of at least 4 members (excludes halogenated alkanes) is 1. The summed E-state index contributed by atoms with van der Waals surface area (Å²) in [6.07, 6.45) is 1.73. The van der Waals surface area contributed by atoms with Gasteiger partial charge in [0.15, 0.2) is 0 Å². The smallest absolute Gasteiger partial charge is 0.0443 e. The molecule has 0 aliphatic carbocycles. The molecule has 2 heteroatoms. The van der Waals surface area contributed by atoms with E-state index in [0.717, 1.165) is 12.8 Å². The minimum atomic E-state index is 0.386. The molecule has 0 aliphatic heterocycles. The van der Waals surface area contributed by atoms with E-state index in [9.17, 15) is 3.89 Å². The van der Waals surface area contributed by atoms with Gasteiger partial charge in [-0.05, 0) is 6.42 Å². The van der Waals surface area contributed by atoms with Crippen LogP contribution in [0, 0.1) is 6.92 Å². The van der Waals surface area contributed by atoms with Gasteiger partial charge in [0.25, 0.3) is 0 Å². The molecule has 1 radical (unpaired) electrons. The summed E-state index contributed by atoms with van der Waals surface area (Å²) < 4.78 is 11.1. The fourth-order valence-corrected chi connectivity index (χ4v) is 0.470. The van der Waals surface area contributed by atoms with Crippen LogP contribution < -0.4 is 0 Å². The van der Waals surface area contributed by atoms with E-state index >= 15 is 0 Å². The highest BCUT2D eigenvalue weighted by Gasteiger charge is 1.79. The van der Waals surface area contributed by atoms with Crippen LogP contribution in [0.3, 0.4) is 0 Å². The normalized spacial score (nSPS) is 9.00. The van der Waals surface area contributed by atoms with Crippen LogP contribution in [0.15, 0.2) is 0 Å². The molecule has 37 valence electrons. The Morgan fingerprint density at radius 1 is 1.67 bits per heavy atom. The molecule has 0 rings (SSSR count). The maximum atomic E-state index is 11.1. The molecule has 0 aromatic heterocycles. The lowest BCUT2D eigenvalue weighted by Crippen LogP contribution is -1.69. The molecule has 0 bridgehead atoms. The zero-order chi connectivity index (χ0) is 4.83. The molecule has 0 saturated heterocycles. The Kier molecular flexibility index (Phi) is 5.53. The summed E-state index contributed by atoms with van der Waals surface area (Å²) in [5.41, 5.74) is 0. The maximum absolute atomic E-state index is 11.1. The molecule has 0 aromatic carbocycles. The first-order chi connectivity index (χ1) is 2.91. The van der Waals surface area contributed by atoms with E-state index in [0.29, 0.717) is 17.9 Å². The van der Waals surface area contributed by atoms with Crippen molar-refractivity contribution in [3.63, 3.8) is 0 Å².